The molecule has 1 fully saturated rings. The lowest BCUT2D eigenvalue weighted by atomic mass is 9.90. The van der Waals surface area contributed by atoms with Crippen LogP contribution < -0.4 is 0 Å². The molecular weight excluding hydrogens is 374 g/mol. The lowest BCUT2D eigenvalue weighted by Gasteiger charge is -2.41. The number of H-pyrrole nitrogens is 1. The summed E-state index contributed by atoms with van der Waals surface area (Å²) in [5.41, 5.74) is 3.72. The fourth-order valence-corrected chi connectivity index (χ4v) is 5.06. The Hall–Kier alpha value is -2.63. The molecule has 5 heteroatoms. The van der Waals surface area contributed by atoms with Crippen LogP contribution in [0.1, 0.15) is 29.7 Å². The van der Waals surface area contributed by atoms with Gasteiger partial charge >= 0.3 is 0 Å². The third-order valence-corrected chi connectivity index (χ3v) is 6.66. The summed E-state index contributed by atoms with van der Waals surface area (Å²) in [6.07, 6.45) is 3.14. The highest BCUT2D eigenvalue weighted by Gasteiger charge is 2.43. The molecule has 1 aromatic heterocycles. The Balaban J connectivity index is 1.27. The Morgan fingerprint density at radius 3 is 2.70 bits per heavy atom. The number of hydrogen-bond donors (Lipinski definition) is 2. The summed E-state index contributed by atoms with van der Waals surface area (Å²) in [4.78, 5) is 20.8. The number of para-hydroxylation sites is 1. The highest BCUT2D eigenvalue weighted by Crippen LogP contribution is 2.30. The highest BCUT2D eigenvalue weighted by molar-refractivity contribution is 5.86. The molecule has 2 aliphatic rings. The largest absolute Gasteiger partial charge is 0.379 e. The zero-order valence-electron chi connectivity index (χ0n) is 17.3. The van der Waals surface area contributed by atoms with Gasteiger partial charge in [-0.1, -0.05) is 48.5 Å². The molecule has 2 N–H and O–H groups in total. The molecule has 0 unspecified atom stereocenters. The molecule has 0 saturated carbocycles. The van der Waals surface area contributed by atoms with E-state index in [9.17, 15) is 9.90 Å². The van der Waals surface area contributed by atoms with Crippen molar-refractivity contribution in [3.8, 4) is 0 Å². The van der Waals surface area contributed by atoms with Crippen LogP contribution in [-0.4, -0.2) is 57.6 Å². The number of β-amino-alcohol motifs (C(OH)–C–C–N with tert-alkyl or cyclic N) is 1. The van der Waals surface area contributed by atoms with Gasteiger partial charge in [-0.05, 0) is 36.5 Å². The number of nitrogens with zero attached hydrogens (tertiary/aromatic N) is 2. The first-order valence-corrected chi connectivity index (χ1v) is 11.0. The van der Waals surface area contributed by atoms with Crippen LogP contribution in [0.5, 0.6) is 0 Å². The van der Waals surface area contributed by atoms with Gasteiger partial charge < -0.3 is 15.0 Å². The molecule has 30 heavy (non-hydrogen) atoms. The zero-order chi connectivity index (χ0) is 20.6. The Morgan fingerprint density at radius 1 is 1.03 bits per heavy atom. The van der Waals surface area contributed by atoms with Gasteiger partial charge in [0.15, 0.2) is 5.60 Å². The van der Waals surface area contributed by atoms with Gasteiger partial charge in [-0.15, -0.1) is 0 Å². The lowest BCUT2D eigenvalue weighted by Crippen LogP contribution is -2.59. The average molecular weight is 404 g/mol. The molecule has 0 bridgehead atoms. The van der Waals surface area contributed by atoms with Gasteiger partial charge in [0.2, 0.25) is 0 Å². The van der Waals surface area contributed by atoms with Crippen LogP contribution >= 0.6 is 0 Å². The van der Waals surface area contributed by atoms with Crippen molar-refractivity contribution in [1.29, 1.82) is 0 Å². The van der Waals surface area contributed by atoms with Crippen molar-refractivity contribution in [2.45, 2.75) is 37.8 Å². The second-order valence-corrected chi connectivity index (χ2v) is 8.75. The van der Waals surface area contributed by atoms with E-state index in [-0.39, 0.29) is 5.91 Å². The van der Waals surface area contributed by atoms with E-state index < -0.39 is 5.60 Å². The average Bonchev–Trinajstić information content (AvgIpc) is 3.14. The predicted octanol–water partition coefficient (Wildman–Crippen LogP) is 3.12. The van der Waals surface area contributed by atoms with Crippen LogP contribution in [0.4, 0.5) is 0 Å². The molecule has 0 radical (unpaired) electrons. The monoisotopic (exact) mass is 403 g/mol. The molecule has 2 aliphatic heterocycles. The number of aliphatic hydroxyl groups is 1. The number of carbonyl (C=O) groups is 1. The fourth-order valence-electron chi connectivity index (χ4n) is 5.06. The van der Waals surface area contributed by atoms with Gasteiger partial charge in [0.25, 0.3) is 5.91 Å². The molecule has 1 amide bonds. The molecular formula is C25H29N3O2. The van der Waals surface area contributed by atoms with E-state index in [0.29, 0.717) is 19.5 Å². The quantitative estimate of drug-likeness (QED) is 0.688. The fraction of sp³-hybridized carbons (Fsp3) is 0.400. The number of aromatic nitrogens is 1. The maximum atomic E-state index is 13.2. The number of piperidine rings is 1. The minimum atomic E-state index is -1.28. The standard InChI is InChI=1S/C25H29N3O2/c29-24-25(30,13-6-14-28(24)16-11-19-7-2-1-3-8-19)18-27-15-12-23-21(17-27)20-9-4-5-10-22(20)26-23/h1-5,7-10,26,30H,6,11-18H2/t25-/m1/s1. The second kappa shape index (κ2) is 7.89. The predicted molar refractivity (Wildman–Crippen MR) is 118 cm³/mol. The summed E-state index contributed by atoms with van der Waals surface area (Å²) in [5, 5.41) is 12.6. The van der Waals surface area contributed by atoms with Crippen molar-refractivity contribution in [2.24, 2.45) is 0 Å². The maximum absolute atomic E-state index is 13.2. The smallest absolute Gasteiger partial charge is 0.255 e. The number of nitrogens with one attached hydrogen (secondary N) is 1. The number of carbonyl (C=O) groups excluding carboxylic acids is 1. The van der Waals surface area contributed by atoms with Crippen LogP contribution in [0.25, 0.3) is 10.9 Å². The van der Waals surface area contributed by atoms with Crippen molar-refractivity contribution in [2.75, 3.05) is 26.2 Å². The summed E-state index contributed by atoms with van der Waals surface area (Å²) in [5.74, 6) is -0.102. The van der Waals surface area contributed by atoms with Crippen molar-refractivity contribution in [3.63, 3.8) is 0 Å². The molecule has 1 atom stereocenters. The lowest BCUT2D eigenvalue weighted by molar-refractivity contribution is -0.159. The SMILES string of the molecule is O=C1N(CCc2ccccc2)CCC[C@@]1(O)CN1CCc2[nH]c3ccccc3c2C1. The van der Waals surface area contributed by atoms with Crippen molar-refractivity contribution in [1.82, 2.24) is 14.8 Å². The summed E-state index contributed by atoms with van der Waals surface area (Å²) in [6, 6.07) is 18.6. The Morgan fingerprint density at radius 2 is 1.83 bits per heavy atom. The van der Waals surface area contributed by atoms with E-state index in [2.05, 4.69) is 46.3 Å². The van der Waals surface area contributed by atoms with Gasteiger partial charge in [-0.3, -0.25) is 9.69 Å². The number of fused-ring (bicyclic) bond motifs is 3. The third-order valence-electron chi connectivity index (χ3n) is 6.66. The van der Waals surface area contributed by atoms with E-state index >= 15 is 0 Å². The molecule has 5 nitrogen and oxygen atoms in total. The first kappa shape index (κ1) is 19.3. The number of hydrogen-bond acceptors (Lipinski definition) is 3. The van der Waals surface area contributed by atoms with Crippen LogP contribution in [0.3, 0.4) is 0 Å². The van der Waals surface area contributed by atoms with Crippen LogP contribution in [-0.2, 0) is 24.2 Å². The number of likely N-dealkylation sites (tertiary alicyclic amines) is 1. The van der Waals surface area contributed by atoms with E-state index in [1.807, 2.05) is 23.1 Å². The molecule has 5 rings (SSSR count). The van der Waals surface area contributed by atoms with Crippen molar-refractivity contribution >= 4 is 16.8 Å². The number of amides is 1. The Labute approximate surface area is 177 Å². The molecule has 3 aromatic rings. The summed E-state index contributed by atoms with van der Waals surface area (Å²) in [6.45, 7) is 3.45. The first-order valence-electron chi connectivity index (χ1n) is 11.0. The number of benzene rings is 2. The number of aromatic amines is 1. The van der Waals surface area contributed by atoms with E-state index in [1.54, 1.807) is 0 Å². The van der Waals surface area contributed by atoms with Gasteiger partial charge in [0.1, 0.15) is 0 Å². The maximum Gasteiger partial charge on any atom is 0.255 e. The van der Waals surface area contributed by atoms with E-state index in [0.717, 1.165) is 38.9 Å². The van der Waals surface area contributed by atoms with Gasteiger partial charge in [0, 0.05) is 55.7 Å². The van der Waals surface area contributed by atoms with Gasteiger partial charge in [-0.25, -0.2) is 0 Å². The molecule has 2 aromatic carbocycles. The van der Waals surface area contributed by atoms with E-state index in [4.69, 9.17) is 0 Å². The van der Waals surface area contributed by atoms with Gasteiger partial charge in [-0.2, -0.15) is 0 Å². The summed E-state index contributed by atoms with van der Waals surface area (Å²) >= 11 is 0. The van der Waals surface area contributed by atoms with E-state index in [1.165, 1.54) is 27.7 Å². The van der Waals surface area contributed by atoms with Gasteiger partial charge in [0.05, 0.1) is 0 Å². The minimum Gasteiger partial charge on any atom is -0.379 e. The molecule has 156 valence electrons. The minimum absolute atomic E-state index is 0.102. The Kier molecular flexibility index (Phi) is 5.09. The van der Waals surface area contributed by atoms with Crippen LogP contribution in [0.2, 0.25) is 0 Å². The van der Waals surface area contributed by atoms with Crippen LogP contribution in [0, 0.1) is 0 Å². The summed E-state index contributed by atoms with van der Waals surface area (Å²) in [7, 11) is 0. The van der Waals surface area contributed by atoms with Crippen LogP contribution in [0.15, 0.2) is 54.6 Å². The molecule has 0 aliphatic carbocycles. The highest BCUT2D eigenvalue weighted by atomic mass is 16.3. The second-order valence-electron chi connectivity index (χ2n) is 8.75. The number of rotatable bonds is 5. The topological polar surface area (TPSA) is 59.6 Å². The first-order chi connectivity index (χ1) is 14.6. The molecule has 0 spiro atoms. The molecule has 1 saturated heterocycles. The zero-order valence-corrected chi connectivity index (χ0v) is 17.3. The summed E-state index contributed by atoms with van der Waals surface area (Å²) < 4.78 is 0. The van der Waals surface area contributed by atoms with Crippen molar-refractivity contribution in [3.05, 3.63) is 71.4 Å². The third kappa shape index (κ3) is 3.64. The molecule has 3 heterocycles. The van der Waals surface area contributed by atoms with Crippen molar-refractivity contribution < 1.29 is 9.90 Å². The Bertz CT molecular complexity index is 1040. The normalized spacial score (nSPS) is 22.4.